The molecule has 0 saturated carbocycles. The van der Waals surface area contributed by atoms with Gasteiger partial charge in [-0.15, -0.1) is 0 Å². The minimum atomic E-state index is -1.89. The number of aromatic nitrogens is 2. The van der Waals surface area contributed by atoms with Gasteiger partial charge in [0.25, 0.3) is 8.32 Å². The molecule has 3 N–H and O–H groups in total. The van der Waals surface area contributed by atoms with Crippen LogP contribution in [0.15, 0.2) is 85.2 Å². The molecule has 10 nitrogen and oxygen atoms in total. The van der Waals surface area contributed by atoms with Crippen molar-refractivity contribution in [2.24, 2.45) is 11.8 Å². The Kier molecular flexibility index (Phi) is 12.8. The largest absolute Gasteiger partial charge is 0.542 e. The number of hydrogen-bond acceptors (Lipinski definition) is 8. The number of benzene rings is 2. The predicted molar refractivity (Wildman–Crippen MR) is 217 cm³/mol. The van der Waals surface area contributed by atoms with Crippen molar-refractivity contribution in [2.75, 3.05) is 46.6 Å². The summed E-state index contributed by atoms with van der Waals surface area (Å²) in [5.74, 6) is 2.03. The van der Waals surface area contributed by atoms with Crippen LogP contribution in [-0.4, -0.2) is 61.4 Å². The first kappa shape index (κ1) is 39.3. The fourth-order valence-electron chi connectivity index (χ4n) is 6.19. The number of carbonyl (C=O) groups is 2. The molecule has 0 radical (unpaired) electrons. The van der Waals surface area contributed by atoms with Gasteiger partial charge < -0.3 is 30.0 Å². The van der Waals surface area contributed by atoms with Crippen LogP contribution in [-0.2, 0) is 9.59 Å². The molecule has 0 unspecified atom stereocenters. The predicted octanol–water partition coefficient (Wildman–Crippen LogP) is 8.58. The van der Waals surface area contributed by atoms with E-state index in [-0.39, 0.29) is 34.4 Å². The molecule has 0 aliphatic carbocycles. The van der Waals surface area contributed by atoms with Crippen LogP contribution < -0.4 is 24.9 Å². The van der Waals surface area contributed by atoms with E-state index in [1.54, 1.807) is 12.3 Å². The van der Waals surface area contributed by atoms with E-state index in [9.17, 15) is 14.7 Å². The van der Waals surface area contributed by atoms with Crippen molar-refractivity contribution < 1.29 is 19.1 Å². The van der Waals surface area contributed by atoms with Crippen LogP contribution in [0.25, 0.3) is 0 Å². The van der Waals surface area contributed by atoms with Crippen molar-refractivity contribution in [3.05, 3.63) is 96.3 Å². The van der Waals surface area contributed by atoms with E-state index in [0.717, 1.165) is 57.6 Å². The minimum absolute atomic E-state index is 0.00625. The van der Waals surface area contributed by atoms with E-state index in [1.165, 1.54) is 34.8 Å². The lowest BCUT2D eigenvalue weighted by molar-refractivity contribution is -0.121. The van der Waals surface area contributed by atoms with Crippen molar-refractivity contribution in [1.29, 1.82) is 0 Å². The first-order valence-corrected chi connectivity index (χ1v) is 21.6. The molecular weight excluding hydrogens is 681 g/mol. The molecule has 2 aromatic carbocycles. The number of pyridine rings is 2. The van der Waals surface area contributed by atoms with E-state index in [1.807, 2.05) is 12.1 Å². The number of hydrogen-bond donors (Lipinski definition) is 3. The molecule has 2 aliphatic rings. The van der Waals surface area contributed by atoms with Gasteiger partial charge in [0.1, 0.15) is 23.1 Å². The lowest BCUT2D eigenvalue weighted by Gasteiger charge is -2.36. The Morgan fingerprint density at radius 1 is 0.679 bits per heavy atom. The Morgan fingerprint density at radius 2 is 1.09 bits per heavy atom. The van der Waals surface area contributed by atoms with Gasteiger partial charge in [-0.05, 0) is 106 Å². The van der Waals surface area contributed by atoms with Crippen molar-refractivity contribution in [3.63, 3.8) is 0 Å². The van der Waals surface area contributed by atoms with E-state index >= 15 is 0 Å². The van der Waals surface area contributed by atoms with E-state index in [0.29, 0.717) is 11.6 Å². The molecular formula is C42H56N6O4Si. The first-order valence-electron chi connectivity index (χ1n) is 18.7. The first-order chi connectivity index (χ1) is 25.2. The average molecular weight is 737 g/mol. The average Bonchev–Trinajstić information content (AvgIpc) is 3.14. The molecule has 4 heterocycles. The second kappa shape index (κ2) is 17.3. The van der Waals surface area contributed by atoms with Gasteiger partial charge in [-0.1, -0.05) is 56.2 Å². The molecule has 2 fully saturated rings. The molecule has 0 spiro atoms. The minimum Gasteiger partial charge on any atom is -0.542 e. The SMILES string of the molecule is Cc1ccc(N2CCC(C(=O)Nc3ccc(O)cn3)CC2)cc1.Cc1ccc(N2CCC(C(=O)Nc3ccc(O[Si](C)(C)C(C)(C)C)cn3)CC2)cc1. The molecule has 2 amide bonds. The highest BCUT2D eigenvalue weighted by Gasteiger charge is 2.39. The van der Waals surface area contributed by atoms with E-state index < -0.39 is 8.32 Å². The van der Waals surface area contributed by atoms with Gasteiger partial charge >= 0.3 is 0 Å². The number of amides is 2. The maximum absolute atomic E-state index is 12.7. The second-order valence-electron chi connectivity index (χ2n) is 15.8. The number of nitrogens with zero attached hydrogens (tertiary/aromatic N) is 4. The van der Waals surface area contributed by atoms with Crippen LogP contribution in [0.1, 0.15) is 57.6 Å². The molecule has 2 aromatic heterocycles. The molecule has 11 heteroatoms. The Balaban J connectivity index is 0.000000211. The fraction of sp³-hybridized carbons (Fsp3) is 0.429. The summed E-state index contributed by atoms with van der Waals surface area (Å²) in [6, 6.07) is 24.0. The Hall–Kier alpha value is -4.90. The van der Waals surface area contributed by atoms with Crippen LogP contribution in [0.4, 0.5) is 23.0 Å². The monoisotopic (exact) mass is 736 g/mol. The standard InChI is InChI=1S/C24H35N3O2Si.C18H21N3O2/c1-18-7-9-20(10-8-18)27-15-13-19(14-16-27)23(28)26-22-12-11-21(17-25-22)29-30(5,6)24(2,3)4;1-13-2-4-15(5-3-13)21-10-8-14(9-11-21)18(23)20-17-7-6-16(22)12-19-17/h7-12,17,19H,13-16H2,1-6H3,(H,25,26,28);2-7,12,14,22H,8-11H2,1H3,(H,19,20,23). The molecule has 2 saturated heterocycles. The van der Waals surface area contributed by atoms with Crippen LogP contribution >= 0.6 is 0 Å². The fourth-order valence-corrected chi connectivity index (χ4v) is 7.21. The summed E-state index contributed by atoms with van der Waals surface area (Å²) in [6.45, 7) is 18.8. The number of rotatable bonds is 8. The van der Waals surface area contributed by atoms with Gasteiger partial charge in [0, 0.05) is 49.4 Å². The Morgan fingerprint density at radius 3 is 1.45 bits per heavy atom. The van der Waals surface area contributed by atoms with Crippen LogP contribution in [0, 0.1) is 25.7 Å². The normalized spacial score (nSPS) is 15.6. The van der Waals surface area contributed by atoms with Crippen molar-refractivity contribution in [3.8, 4) is 11.5 Å². The number of piperidine rings is 2. The summed E-state index contributed by atoms with van der Waals surface area (Å²) in [5, 5.41) is 15.1. The number of anilines is 4. The highest BCUT2D eigenvalue weighted by Crippen LogP contribution is 2.37. The van der Waals surface area contributed by atoms with Gasteiger partial charge in [-0.2, -0.15) is 0 Å². The third-order valence-corrected chi connectivity index (χ3v) is 15.1. The van der Waals surface area contributed by atoms with Crippen molar-refractivity contribution in [1.82, 2.24) is 9.97 Å². The van der Waals surface area contributed by atoms with Gasteiger partial charge in [0.05, 0.1) is 12.4 Å². The summed E-state index contributed by atoms with van der Waals surface area (Å²) >= 11 is 0. The highest BCUT2D eigenvalue weighted by molar-refractivity contribution is 6.74. The van der Waals surface area contributed by atoms with Crippen molar-refractivity contribution >= 4 is 43.1 Å². The summed E-state index contributed by atoms with van der Waals surface area (Å²) < 4.78 is 6.26. The zero-order chi connectivity index (χ0) is 38.2. The number of nitrogens with one attached hydrogen (secondary N) is 2. The summed E-state index contributed by atoms with van der Waals surface area (Å²) in [5.41, 5.74) is 4.97. The van der Waals surface area contributed by atoms with Crippen molar-refractivity contribution in [2.45, 2.75) is 78.4 Å². The van der Waals surface area contributed by atoms with Crippen LogP contribution in [0.2, 0.25) is 18.1 Å². The molecule has 6 rings (SSSR count). The number of carbonyl (C=O) groups excluding carboxylic acids is 2. The second-order valence-corrected chi connectivity index (χ2v) is 20.5. The molecule has 2 aliphatic heterocycles. The molecule has 53 heavy (non-hydrogen) atoms. The molecule has 0 atom stereocenters. The summed E-state index contributed by atoms with van der Waals surface area (Å²) in [4.78, 5) is 38.1. The molecule has 4 aromatic rings. The van der Waals surface area contributed by atoms with E-state index in [2.05, 4.69) is 127 Å². The third-order valence-electron chi connectivity index (χ3n) is 10.7. The lowest BCUT2D eigenvalue weighted by Crippen LogP contribution is -2.43. The quantitative estimate of drug-likeness (QED) is 0.154. The highest BCUT2D eigenvalue weighted by atomic mass is 28.4. The molecule has 282 valence electrons. The summed E-state index contributed by atoms with van der Waals surface area (Å²) in [7, 11) is -1.89. The number of aromatic hydroxyl groups is 1. The van der Waals surface area contributed by atoms with E-state index in [4.69, 9.17) is 4.43 Å². The zero-order valence-corrected chi connectivity index (χ0v) is 33.4. The lowest BCUT2D eigenvalue weighted by atomic mass is 9.95. The zero-order valence-electron chi connectivity index (χ0n) is 32.4. The van der Waals surface area contributed by atoms with Crippen LogP contribution in [0.3, 0.4) is 0 Å². The Bertz CT molecular complexity index is 1780. The van der Waals surface area contributed by atoms with Gasteiger partial charge in [-0.3, -0.25) is 9.59 Å². The summed E-state index contributed by atoms with van der Waals surface area (Å²) in [6.07, 6.45) is 6.42. The number of aryl methyl sites for hydroxylation is 2. The van der Waals surface area contributed by atoms with Gasteiger partial charge in [0.2, 0.25) is 11.8 Å². The molecule has 0 bridgehead atoms. The topological polar surface area (TPSA) is 120 Å². The third kappa shape index (κ3) is 11.1. The Labute approximate surface area is 316 Å². The maximum Gasteiger partial charge on any atom is 0.250 e. The van der Waals surface area contributed by atoms with Gasteiger partial charge in [-0.25, -0.2) is 9.97 Å². The maximum atomic E-state index is 12.7. The smallest absolute Gasteiger partial charge is 0.250 e. The van der Waals surface area contributed by atoms with Crippen LogP contribution in [0.5, 0.6) is 11.5 Å². The van der Waals surface area contributed by atoms with Gasteiger partial charge in [0.15, 0.2) is 0 Å².